The van der Waals surface area contributed by atoms with Gasteiger partial charge in [0.2, 0.25) is 0 Å². The first kappa shape index (κ1) is 17.1. The Labute approximate surface area is 154 Å². The summed E-state index contributed by atoms with van der Waals surface area (Å²) in [4.78, 5) is 24.5. The van der Waals surface area contributed by atoms with Crippen LogP contribution < -0.4 is 10.6 Å². The van der Waals surface area contributed by atoms with Gasteiger partial charge in [0.1, 0.15) is 11.5 Å². The molecule has 2 aromatic heterocycles. The quantitative estimate of drug-likeness (QED) is 0.709. The normalized spacial score (nSPS) is 10.3. The van der Waals surface area contributed by atoms with Crippen molar-refractivity contribution in [3.05, 3.63) is 76.4 Å². The number of aromatic nitrogens is 3. The molecule has 0 bridgehead atoms. The molecule has 0 unspecified atom stereocenters. The molecular weight excluding hydrogens is 361 g/mol. The second-order valence-electron chi connectivity index (χ2n) is 5.01. The number of carbonyl (C=O) groups is 1. The third-order valence-electron chi connectivity index (χ3n) is 3.26. The molecule has 0 spiro atoms. The number of amides is 1. The number of anilines is 2. The molecule has 2 N–H and O–H groups in total. The predicted molar refractivity (Wildman–Crippen MR) is 97.2 cm³/mol. The van der Waals surface area contributed by atoms with Gasteiger partial charge in [-0.15, -0.1) is 0 Å². The highest BCUT2D eigenvalue weighted by Gasteiger charge is 2.10. The summed E-state index contributed by atoms with van der Waals surface area (Å²) in [5.41, 5.74) is 1.50. The molecular formula is C17H13Cl2N5O. The number of hydrogen-bond acceptors (Lipinski definition) is 5. The molecule has 25 heavy (non-hydrogen) atoms. The number of pyridine rings is 1. The maximum atomic E-state index is 12.1. The van der Waals surface area contributed by atoms with Crippen molar-refractivity contribution in [3.8, 4) is 0 Å². The maximum Gasteiger partial charge on any atom is 0.271 e. The van der Waals surface area contributed by atoms with Crippen molar-refractivity contribution >= 4 is 40.6 Å². The number of nitrogens with one attached hydrogen (secondary N) is 2. The highest BCUT2D eigenvalue weighted by Crippen LogP contribution is 2.31. The second-order valence-corrected chi connectivity index (χ2v) is 5.83. The minimum absolute atomic E-state index is 0.201. The highest BCUT2D eigenvalue weighted by molar-refractivity contribution is 6.39. The predicted octanol–water partition coefficient (Wildman–Crippen LogP) is 3.85. The molecule has 0 aliphatic heterocycles. The summed E-state index contributed by atoms with van der Waals surface area (Å²) in [6.07, 6.45) is 4.48. The molecule has 2 heterocycles. The zero-order valence-electron chi connectivity index (χ0n) is 12.9. The van der Waals surface area contributed by atoms with Crippen molar-refractivity contribution in [3.63, 3.8) is 0 Å². The Bertz CT molecular complexity index is 852. The zero-order chi connectivity index (χ0) is 17.6. The minimum Gasteiger partial charge on any atom is -0.345 e. The molecule has 0 fully saturated rings. The lowest BCUT2D eigenvalue weighted by Crippen LogP contribution is -2.24. The first-order valence-electron chi connectivity index (χ1n) is 7.34. The SMILES string of the molecule is O=C(NCc1ccccn1)c1cnc(Nc2c(Cl)cccc2Cl)cn1. The van der Waals surface area contributed by atoms with Gasteiger partial charge in [-0.2, -0.15) is 0 Å². The van der Waals surface area contributed by atoms with Gasteiger partial charge in [-0.1, -0.05) is 35.3 Å². The van der Waals surface area contributed by atoms with E-state index in [0.717, 1.165) is 5.69 Å². The van der Waals surface area contributed by atoms with E-state index in [1.807, 2.05) is 18.2 Å². The minimum atomic E-state index is -0.333. The lowest BCUT2D eigenvalue weighted by atomic mass is 10.3. The number of carbonyl (C=O) groups excluding carboxylic acids is 1. The van der Waals surface area contributed by atoms with Gasteiger partial charge in [0.25, 0.3) is 5.91 Å². The Morgan fingerprint density at radius 2 is 1.76 bits per heavy atom. The Hall–Kier alpha value is -2.70. The molecule has 3 aromatic rings. The lowest BCUT2D eigenvalue weighted by Gasteiger charge is -2.09. The van der Waals surface area contributed by atoms with Gasteiger partial charge in [-0.05, 0) is 24.3 Å². The van der Waals surface area contributed by atoms with Crippen LogP contribution in [-0.4, -0.2) is 20.9 Å². The van der Waals surface area contributed by atoms with Crippen molar-refractivity contribution in [2.24, 2.45) is 0 Å². The molecule has 0 saturated carbocycles. The van der Waals surface area contributed by atoms with Crippen molar-refractivity contribution < 1.29 is 4.79 Å². The van der Waals surface area contributed by atoms with Gasteiger partial charge >= 0.3 is 0 Å². The van der Waals surface area contributed by atoms with Crippen molar-refractivity contribution in [2.75, 3.05) is 5.32 Å². The van der Waals surface area contributed by atoms with E-state index in [1.165, 1.54) is 12.4 Å². The van der Waals surface area contributed by atoms with Gasteiger partial charge < -0.3 is 10.6 Å². The summed E-state index contributed by atoms with van der Waals surface area (Å²) in [5.74, 6) is 0.0942. The van der Waals surface area contributed by atoms with Gasteiger partial charge in [-0.3, -0.25) is 9.78 Å². The molecule has 126 valence electrons. The second kappa shape index (κ2) is 7.92. The summed E-state index contributed by atoms with van der Waals surface area (Å²) in [5, 5.41) is 6.65. The van der Waals surface area contributed by atoms with Crippen LogP contribution in [0, 0.1) is 0 Å². The monoisotopic (exact) mass is 373 g/mol. The summed E-state index contributed by atoms with van der Waals surface area (Å²) in [7, 11) is 0. The van der Waals surface area contributed by atoms with E-state index in [-0.39, 0.29) is 11.6 Å². The van der Waals surface area contributed by atoms with E-state index in [0.29, 0.717) is 28.1 Å². The number of para-hydroxylation sites is 1. The number of benzene rings is 1. The Morgan fingerprint density at radius 3 is 2.40 bits per heavy atom. The molecule has 0 atom stereocenters. The van der Waals surface area contributed by atoms with E-state index in [9.17, 15) is 4.79 Å². The largest absolute Gasteiger partial charge is 0.345 e. The fourth-order valence-electron chi connectivity index (χ4n) is 2.02. The summed E-state index contributed by atoms with van der Waals surface area (Å²) >= 11 is 12.2. The molecule has 0 aliphatic carbocycles. The molecule has 1 amide bonds. The molecule has 6 nitrogen and oxygen atoms in total. The fraction of sp³-hybridized carbons (Fsp3) is 0.0588. The first-order valence-corrected chi connectivity index (χ1v) is 8.10. The van der Waals surface area contributed by atoms with E-state index in [4.69, 9.17) is 23.2 Å². The Kier molecular flexibility index (Phi) is 5.42. The van der Waals surface area contributed by atoms with Crippen LogP contribution in [0.2, 0.25) is 10.0 Å². The molecule has 0 radical (unpaired) electrons. The third kappa shape index (κ3) is 4.43. The van der Waals surface area contributed by atoms with Crippen molar-refractivity contribution in [1.82, 2.24) is 20.3 Å². The first-order chi connectivity index (χ1) is 12.1. The Morgan fingerprint density at radius 1 is 0.960 bits per heavy atom. The van der Waals surface area contributed by atoms with E-state index in [1.54, 1.807) is 24.4 Å². The van der Waals surface area contributed by atoms with Crippen LogP contribution >= 0.6 is 23.2 Å². The Balaban J connectivity index is 1.64. The standard InChI is InChI=1S/C17H13Cl2N5O/c18-12-5-3-6-13(19)16(12)24-15-10-21-14(9-22-15)17(25)23-8-11-4-1-2-7-20-11/h1-7,9-10H,8H2,(H,22,24)(H,23,25). The van der Waals surface area contributed by atoms with Gasteiger partial charge in [0.05, 0.1) is 40.4 Å². The molecule has 0 aliphatic rings. The topological polar surface area (TPSA) is 79.8 Å². The van der Waals surface area contributed by atoms with Crippen LogP contribution in [0.3, 0.4) is 0 Å². The molecule has 0 saturated heterocycles. The van der Waals surface area contributed by atoms with E-state index in [2.05, 4.69) is 25.6 Å². The van der Waals surface area contributed by atoms with Gasteiger partial charge in [0.15, 0.2) is 0 Å². The maximum absolute atomic E-state index is 12.1. The number of rotatable bonds is 5. The van der Waals surface area contributed by atoms with Crippen molar-refractivity contribution in [2.45, 2.75) is 6.54 Å². The lowest BCUT2D eigenvalue weighted by molar-refractivity contribution is 0.0945. The molecule has 1 aromatic carbocycles. The molecule has 8 heteroatoms. The average Bonchev–Trinajstić information content (AvgIpc) is 2.64. The van der Waals surface area contributed by atoms with E-state index < -0.39 is 0 Å². The summed E-state index contributed by atoms with van der Waals surface area (Å²) in [6.45, 7) is 0.316. The molecule has 3 rings (SSSR count). The van der Waals surface area contributed by atoms with Crippen LogP contribution in [0.1, 0.15) is 16.2 Å². The third-order valence-corrected chi connectivity index (χ3v) is 3.89. The van der Waals surface area contributed by atoms with Gasteiger partial charge in [-0.25, -0.2) is 9.97 Å². The zero-order valence-corrected chi connectivity index (χ0v) is 14.4. The summed E-state index contributed by atoms with van der Waals surface area (Å²) in [6, 6.07) is 10.7. The van der Waals surface area contributed by atoms with Crippen molar-refractivity contribution in [1.29, 1.82) is 0 Å². The van der Waals surface area contributed by atoms with Crippen LogP contribution in [0.15, 0.2) is 55.0 Å². The number of halogens is 2. The number of nitrogens with zero attached hydrogens (tertiary/aromatic N) is 3. The van der Waals surface area contributed by atoms with Crippen LogP contribution in [0.4, 0.5) is 11.5 Å². The average molecular weight is 374 g/mol. The van der Waals surface area contributed by atoms with Gasteiger partial charge in [0, 0.05) is 6.20 Å². The van der Waals surface area contributed by atoms with Crippen LogP contribution in [-0.2, 0) is 6.54 Å². The smallest absolute Gasteiger partial charge is 0.271 e. The van der Waals surface area contributed by atoms with Crippen LogP contribution in [0.5, 0.6) is 0 Å². The van der Waals surface area contributed by atoms with E-state index >= 15 is 0 Å². The summed E-state index contributed by atoms with van der Waals surface area (Å²) < 4.78 is 0. The fourth-order valence-corrected chi connectivity index (χ4v) is 2.51. The van der Waals surface area contributed by atoms with Crippen LogP contribution in [0.25, 0.3) is 0 Å². The number of hydrogen-bond donors (Lipinski definition) is 2. The highest BCUT2D eigenvalue weighted by atomic mass is 35.5.